The highest BCUT2D eigenvalue weighted by Crippen LogP contribution is 2.38. The minimum absolute atomic E-state index is 0.766. The highest BCUT2D eigenvalue weighted by Gasteiger charge is 2.29. The second-order valence-corrected chi connectivity index (χ2v) is 14.0. The van der Waals surface area contributed by atoms with Gasteiger partial charge in [-0.1, -0.05) is 27.7 Å². The zero-order valence-corrected chi connectivity index (χ0v) is 32.0. The quantitative estimate of drug-likeness (QED) is 0.180. The van der Waals surface area contributed by atoms with E-state index in [1.54, 1.807) is 0 Å². The van der Waals surface area contributed by atoms with Crippen LogP contribution in [-0.2, 0) is 25.7 Å². The third kappa shape index (κ3) is 6.43. The van der Waals surface area contributed by atoms with E-state index in [1.165, 1.54) is 22.3 Å². The molecule has 4 aromatic rings. The van der Waals surface area contributed by atoms with Crippen molar-refractivity contribution in [2.45, 2.75) is 53.4 Å². The predicted octanol–water partition coefficient (Wildman–Crippen LogP) is 9.52. The van der Waals surface area contributed by atoms with Crippen molar-refractivity contribution < 1.29 is 0 Å². The average Bonchev–Trinajstić information content (AvgIpc) is 4.09. The Balaban J connectivity index is 1.37. The number of aliphatic imine (C=N–C) groups is 4. The number of aromatic nitrogens is 4. The van der Waals surface area contributed by atoms with Crippen LogP contribution in [0.15, 0.2) is 165 Å². The fourth-order valence-corrected chi connectivity index (χ4v) is 7.46. The largest absolute Gasteiger partial charge is 0.256 e. The fraction of sp³-hybridized carbons (Fsp3) is 0.167. The number of nitrogens with zero attached hydrogens (tertiary/aromatic N) is 8. The number of pyridine rings is 4. The fourth-order valence-electron chi connectivity index (χ4n) is 7.46. The van der Waals surface area contributed by atoms with Crippen LogP contribution in [-0.4, -0.2) is 42.8 Å². The topological polar surface area (TPSA) is 101 Å². The lowest BCUT2D eigenvalue weighted by molar-refractivity contribution is 1.11. The van der Waals surface area contributed by atoms with Crippen LogP contribution < -0.4 is 0 Å². The normalized spacial score (nSPS) is 17.1. The van der Waals surface area contributed by atoms with Gasteiger partial charge in [-0.25, -0.2) is 20.0 Å². The molecule has 8 heteroatoms. The summed E-state index contributed by atoms with van der Waals surface area (Å²) in [4.78, 5) is 41.0. The van der Waals surface area contributed by atoms with E-state index in [9.17, 15) is 0 Å². The molecule has 0 saturated carbocycles. The number of rotatable bonds is 8. The minimum Gasteiger partial charge on any atom is -0.256 e. The number of aryl methyl sites for hydroxylation is 4. The number of allylic oxidation sites excluding steroid dienone is 12. The predicted molar refractivity (Wildman–Crippen MR) is 228 cm³/mol. The van der Waals surface area contributed by atoms with Gasteiger partial charge in [0.2, 0.25) is 0 Å². The van der Waals surface area contributed by atoms with Gasteiger partial charge in [-0.2, -0.15) is 0 Å². The summed E-state index contributed by atoms with van der Waals surface area (Å²) in [5.74, 6) is 0. The van der Waals surface area contributed by atoms with Crippen molar-refractivity contribution in [2.24, 2.45) is 20.0 Å². The van der Waals surface area contributed by atoms with E-state index in [4.69, 9.17) is 39.9 Å². The van der Waals surface area contributed by atoms with Gasteiger partial charge in [-0.3, -0.25) is 19.9 Å². The highest BCUT2D eigenvalue weighted by atomic mass is 14.9. The van der Waals surface area contributed by atoms with Crippen LogP contribution in [0, 0.1) is 0 Å². The lowest BCUT2D eigenvalue weighted by Crippen LogP contribution is -2.06. The third-order valence-corrected chi connectivity index (χ3v) is 10.6. The van der Waals surface area contributed by atoms with E-state index in [1.807, 2.05) is 24.8 Å². The van der Waals surface area contributed by atoms with Crippen molar-refractivity contribution in [3.8, 4) is 0 Å². The molecular formula is C48H40N8. The van der Waals surface area contributed by atoms with Crippen molar-refractivity contribution >= 4 is 45.1 Å². The summed E-state index contributed by atoms with van der Waals surface area (Å²) in [6, 6.07) is 16.8. The molecule has 4 aromatic heterocycles. The molecule has 9 rings (SSSR count). The average molecular weight is 729 g/mol. The van der Waals surface area contributed by atoms with E-state index >= 15 is 0 Å². The van der Waals surface area contributed by atoms with E-state index in [2.05, 4.69) is 125 Å². The van der Waals surface area contributed by atoms with Crippen LogP contribution in [0.5, 0.6) is 0 Å². The van der Waals surface area contributed by atoms with Crippen LogP contribution >= 0.6 is 0 Å². The first-order valence-electron chi connectivity index (χ1n) is 19.4. The van der Waals surface area contributed by atoms with Gasteiger partial charge in [0, 0.05) is 24.8 Å². The molecule has 0 aromatic carbocycles. The zero-order chi connectivity index (χ0) is 38.2. The molecule has 8 nitrogen and oxygen atoms in total. The van der Waals surface area contributed by atoms with Crippen molar-refractivity contribution in [2.75, 3.05) is 0 Å². The molecule has 9 heterocycles. The number of hydrogen-bond donors (Lipinski definition) is 0. The smallest absolute Gasteiger partial charge is 0.0753 e. The van der Waals surface area contributed by atoms with Crippen LogP contribution in [0.1, 0.15) is 72.7 Å². The zero-order valence-electron chi connectivity index (χ0n) is 32.0. The van der Waals surface area contributed by atoms with E-state index in [-0.39, 0.29) is 0 Å². The van der Waals surface area contributed by atoms with Gasteiger partial charge >= 0.3 is 0 Å². The summed E-state index contributed by atoms with van der Waals surface area (Å²) in [6.07, 6.45) is 27.5. The molecule has 56 heavy (non-hydrogen) atoms. The van der Waals surface area contributed by atoms with Crippen molar-refractivity contribution in [3.05, 3.63) is 190 Å². The maximum atomic E-state index is 5.36. The molecule has 0 radical (unpaired) electrons. The maximum absolute atomic E-state index is 5.36. The Hall–Kier alpha value is -6.80. The molecule has 0 aliphatic carbocycles. The van der Waals surface area contributed by atoms with Gasteiger partial charge < -0.3 is 0 Å². The van der Waals surface area contributed by atoms with Crippen LogP contribution in [0.25, 0.3) is 22.3 Å². The molecule has 0 saturated heterocycles. The maximum Gasteiger partial charge on any atom is 0.0753 e. The summed E-state index contributed by atoms with van der Waals surface area (Å²) in [6.45, 7) is 8.61. The molecule has 0 fully saturated rings. The Morgan fingerprint density at radius 2 is 0.554 bits per heavy atom. The third-order valence-electron chi connectivity index (χ3n) is 10.6. The minimum atomic E-state index is 0.766. The summed E-state index contributed by atoms with van der Waals surface area (Å²) in [5, 5.41) is 0. The van der Waals surface area contributed by atoms with Gasteiger partial charge in [0.25, 0.3) is 0 Å². The molecule has 0 unspecified atom stereocenters. The van der Waals surface area contributed by atoms with Crippen molar-refractivity contribution in [3.63, 3.8) is 0 Å². The lowest BCUT2D eigenvalue weighted by Gasteiger charge is -2.12. The second-order valence-electron chi connectivity index (χ2n) is 14.0. The van der Waals surface area contributed by atoms with E-state index in [0.29, 0.717) is 0 Å². The van der Waals surface area contributed by atoms with Crippen molar-refractivity contribution in [1.82, 2.24) is 19.9 Å². The molecule has 0 N–H and O–H groups in total. The Morgan fingerprint density at radius 3 is 0.768 bits per heavy atom. The van der Waals surface area contributed by atoms with Crippen molar-refractivity contribution in [1.29, 1.82) is 0 Å². The summed E-state index contributed by atoms with van der Waals surface area (Å²) in [5.41, 5.74) is 17.5. The van der Waals surface area contributed by atoms with E-state index in [0.717, 1.165) is 116 Å². The van der Waals surface area contributed by atoms with Crippen LogP contribution in [0.4, 0.5) is 0 Å². The Kier molecular flexibility index (Phi) is 9.23. The Morgan fingerprint density at radius 1 is 0.321 bits per heavy atom. The first-order valence-corrected chi connectivity index (χ1v) is 19.4. The summed E-state index contributed by atoms with van der Waals surface area (Å²) < 4.78 is 0. The highest BCUT2D eigenvalue weighted by molar-refractivity contribution is 6.39. The van der Waals surface area contributed by atoms with Gasteiger partial charge in [0.15, 0.2) is 0 Å². The first kappa shape index (κ1) is 34.9. The summed E-state index contributed by atoms with van der Waals surface area (Å²) in [7, 11) is 0. The molecule has 0 spiro atoms. The summed E-state index contributed by atoms with van der Waals surface area (Å²) >= 11 is 0. The molecule has 5 aliphatic heterocycles. The SMILES string of the molecule is CCc1ccnc(C2=C3C=CC(=N3)C(c3cc(CC)ccn3)=C3C=CC(=N3)C(c3cc(CC)ccn3)=C3C=CC(=N3)C(c3cc(CC)ccn3)=C3C=CC2=N3)c1. The van der Waals surface area contributed by atoms with Crippen LogP contribution in [0.3, 0.4) is 0 Å². The van der Waals surface area contributed by atoms with Gasteiger partial charge in [-0.15, -0.1) is 0 Å². The molecule has 5 aliphatic rings. The Labute approximate surface area is 327 Å². The van der Waals surface area contributed by atoms with Gasteiger partial charge in [-0.05, 0) is 145 Å². The molecule has 0 amide bonds. The van der Waals surface area contributed by atoms with E-state index < -0.39 is 0 Å². The Bertz CT molecular complexity index is 2350. The second kappa shape index (κ2) is 14.8. The van der Waals surface area contributed by atoms with Gasteiger partial charge in [0.1, 0.15) is 0 Å². The molecule has 0 atom stereocenters. The van der Waals surface area contributed by atoms with Gasteiger partial charge in [0.05, 0.1) is 90.7 Å². The monoisotopic (exact) mass is 728 g/mol. The standard InChI is InChI=1S/C48H40N8/c1-5-29-17-21-49-41(25-29)45-33-9-11-35(53-33)46(42-26-30(6-2)18-22-50-42)37-13-15-39(55-37)48(44-28-32(8-4)20-24-52-44)40-16-14-38(56-40)47(36-12-10-34(45)54-36)43-27-31(7-3)19-23-51-43/h9-28H,5-8H2,1-4H3. The molecule has 8 bridgehead atoms. The first-order chi connectivity index (χ1) is 27.5. The van der Waals surface area contributed by atoms with Crippen LogP contribution in [0.2, 0.25) is 0 Å². The lowest BCUT2D eigenvalue weighted by atomic mass is 10.0. The number of hydrogen-bond acceptors (Lipinski definition) is 8. The number of fused-ring (bicyclic) bond motifs is 4. The molecular weight excluding hydrogens is 689 g/mol. The molecule has 272 valence electrons.